The first-order valence-corrected chi connectivity index (χ1v) is 7.60. The number of likely N-dealkylation sites (tertiary alicyclic amines) is 1. The molecule has 4 rings (SSSR count). The number of carbonyl (C=O) groups is 2. The summed E-state index contributed by atoms with van der Waals surface area (Å²) in [6.45, 7) is 0.988. The number of benzene rings is 1. The number of hydrogen-bond donors (Lipinski definition) is 1. The number of nitrogens with one attached hydrogen (secondary N) is 1. The number of para-hydroxylation sites is 1. The topological polar surface area (TPSA) is 61.9 Å². The predicted octanol–water partition coefficient (Wildman–Crippen LogP) is 1.77. The van der Waals surface area contributed by atoms with Gasteiger partial charge in [-0.05, 0) is 25.0 Å². The molecular weight excluding hydrogens is 282 g/mol. The van der Waals surface area contributed by atoms with Gasteiger partial charge < -0.3 is 19.9 Å². The second kappa shape index (κ2) is 4.90. The average molecular weight is 303 g/mol. The zero-order valence-electron chi connectivity index (χ0n) is 14.3. The molecule has 0 radical (unpaired) electrons. The van der Waals surface area contributed by atoms with E-state index in [0.717, 1.165) is 11.3 Å². The predicted molar refractivity (Wildman–Crippen MR) is 82.2 cm³/mol. The number of amides is 2. The maximum Gasteiger partial charge on any atom is 0.409 e. The van der Waals surface area contributed by atoms with Crippen molar-refractivity contribution in [2.75, 3.05) is 36.4 Å². The SMILES string of the molecule is [2H]C1([2H])C(=O)Nc2cccc3c2N1[C@H]1CCN(C(=O)OCC)C[C@@H]31. The molecule has 1 fully saturated rings. The van der Waals surface area contributed by atoms with E-state index in [4.69, 9.17) is 7.48 Å². The van der Waals surface area contributed by atoms with Crippen molar-refractivity contribution in [3.05, 3.63) is 23.8 Å². The number of anilines is 2. The van der Waals surface area contributed by atoms with E-state index in [1.807, 2.05) is 12.1 Å². The number of piperidine rings is 1. The summed E-state index contributed by atoms with van der Waals surface area (Å²) in [5, 5.41) is 2.66. The molecule has 3 heterocycles. The van der Waals surface area contributed by atoms with E-state index in [9.17, 15) is 9.59 Å². The summed E-state index contributed by atoms with van der Waals surface area (Å²) < 4.78 is 21.6. The zero-order valence-corrected chi connectivity index (χ0v) is 12.3. The second-order valence-electron chi connectivity index (χ2n) is 5.79. The molecule has 0 saturated carbocycles. The highest BCUT2D eigenvalue weighted by Gasteiger charge is 2.46. The normalized spacial score (nSPS) is 29.0. The smallest absolute Gasteiger partial charge is 0.409 e. The lowest BCUT2D eigenvalue weighted by atomic mass is 9.89. The van der Waals surface area contributed by atoms with Crippen LogP contribution in [0.4, 0.5) is 16.2 Å². The van der Waals surface area contributed by atoms with E-state index in [0.29, 0.717) is 31.8 Å². The quantitative estimate of drug-likeness (QED) is 0.859. The van der Waals surface area contributed by atoms with Crippen molar-refractivity contribution in [3.63, 3.8) is 0 Å². The number of fused-ring (bicyclic) bond motifs is 3. The van der Waals surface area contributed by atoms with E-state index < -0.39 is 12.4 Å². The fourth-order valence-corrected chi connectivity index (χ4v) is 3.73. The Morgan fingerprint density at radius 2 is 2.41 bits per heavy atom. The maximum atomic E-state index is 12.2. The number of ether oxygens (including phenoxy) is 1. The zero-order chi connectivity index (χ0) is 17.1. The summed E-state index contributed by atoms with van der Waals surface area (Å²) in [5.74, 6) is -0.665. The lowest BCUT2D eigenvalue weighted by Crippen LogP contribution is -2.50. The Bertz CT molecular complexity index is 725. The van der Waals surface area contributed by atoms with E-state index in [1.165, 1.54) is 0 Å². The standard InChI is InChI=1S/C16H19N3O3/c1-2-22-16(21)18-7-6-13-11(8-18)10-4-3-5-12-15(10)19(13)9-14(20)17-12/h3-5,11,13H,2,6-9H2,1H3,(H,17,20)/t11-,13-/m0/s1/i9D2. The van der Waals surface area contributed by atoms with Crippen LogP contribution in [-0.4, -0.2) is 49.1 Å². The van der Waals surface area contributed by atoms with Crippen LogP contribution in [0, 0.1) is 0 Å². The molecule has 0 unspecified atom stereocenters. The Morgan fingerprint density at radius 3 is 3.23 bits per heavy atom. The fourth-order valence-electron chi connectivity index (χ4n) is 3.73. The molecule has 3 aliphatic rings. The molecular formula is C16H19N3O3. The van der Waals surface area contributed by atoms with Gasteiger partial charge in [0.15, 0.2) is 0 Å². The molecule has 3 aliphatic heterocycles. The first-order chi connectivity index (χ1) is 11.4. The Kier molecular flexibility index (Phi) is 2.53. The highest BCUT2D eigenvalue weighted by atomic mass is 16.6. The molecule has 6 heteroatoms. The summed E-state index contributed by atoms with van der Waals surface area (Å²) in [5.41, 5.74) is 2.38. The summed E-state index contributed by atoms with van der Waals surface area (Å²) >= 11 is 0. The summed E-state index contributed by atoms with van der Waals surface area (Å²) in [7, 11) is 0. The van der Waals surface area contributed by atoms with Crippen LogP contribution < -0.4 is 10.2 Å². The summed E-state index contributed by atoms with van der Waals surface area (Å²) in [6, 6.07) is 5.48. The fraction of sp³-hybridized carbons (Fsp3) is 0.500. The van der Waals surface area contributed by atoms with Gasteiger partial charge in [-0.25, -0.2) is 4.79 Å². The highest BCUT2D eigenvalue weighted by molar-refractivity contribution is 6.03. The van der Waals surface area contributed by atoms with Gasteiger partial charge in [0.05, 0.1) is 27.2 Å². The molecule has 1 N–H and O–H groups in total. The van der Waals surface area contributed by atoms with Crippen LogP contribution in [0.2, 0.25) is 0 Å². The summed E-state index contributed by atoms with van der Waals surface area (Å²) in [6.07, 6.45) is 0.267. The van der Waals surface area contributed by atoms with Crippen molar-refractivity contribution in [1.82, 2.24) is 4.90 Å². The van der Waals surface area contributed by atoms with Gasteiger partial charge in [-0.15, -0.1) is 0 Å². The number of carbonyl (C=O) groups excluding carboxylic acids is 2. The largest absolute Gasteiger partial charge is 0.450 e. The van der Waals surface area contributed by atoms with E-state index >= 15 is 0 Å². The Labute approximate surface area is 131 Å². The third-order valence-corrected chi connectivity index (χ3v) is 4.61. The van der Waals surface area contributed by atoms with Crippen LogP contribution in [0.25, 0.3) is 0 Å². The molecule has 0 bridgehead atoms. The number of hydrogen-bond acceptors (Lipinski definition) is 4. The number of nitrogens with zero attached hydrogens (tertiary/aromatic N) is 2. The molecule has 0 spiro atoms. The third kappa shape index (κ3) is 1.86. The Morgan fingerprint density at radius 1 is 1.55 bits per heavy atom. The summed E-state index contributed by atoms with van der Waals surface area (Å²) in [4.78, 5) is 27.5. The second-order valence-corrected chi connectivity index (χ2v) is 5.79. The molecule has 0 aromatic heterocycles. The first kappa shape index (κ1) is 11.3. The first-order valence-electron chi connectivity index (χ1n) is 8.60. The van der Waals surface area contributed by atoms with Crippen LogP contribution in [0.3, 0.4) is 0 Å². The van der Waals surface area contributed by atoms with Gasteiger partial charge >= 0.3 is 6.09 Å². The van der Waals surface area contributed by atoms with E-state index in [1.54, 1.807) is 22.8 Å². The van der Waals surface area contributed by atoms with Gasteiger partial charge in [-0.1, -0.05) is 12.1 Å². The molecule has 1 aromatic carbocycles. The van der Waals surface area contributed by atoms with Crippen molar-refractivity contribution in [3.8, 4) is 0 Å². The Balaban J connectivity index is 1.74. The lowest BCUT2D eigenvalue weighted by molar-refractivity contribution is -0.115. The van der Waals surface area contributed by atoms with Gasteiger partial charge in [0.25, 0.3) is 0 Å². The Hall–Kier alpha value is -2.24. The van der Waals surface area contributed by atoms with Crippen molar-refractivity contribution in [2.24, 2.45) is 0 Å². The molecule has 116 valence electrons. The minimum Gasteiger partial charge on any atom is -0.450 e. The van der Waals surface area contributed by atoms with Crippen molar-refractivity contribution < 1.29 is 17.1 Å². The maximum absolute atomic E-state index is 12.2. The lowest BCUT2D eigenvalue weighted by Gasteiger charge is -2.39. The molecule has 6 nitrogen and oxygen atoms in total. The average Bonchev–Trinajstić information content (AvgIpc) is 2.89. The molecule has 1 aromatic rings. The van der Waals surface area contributed by atoms with Crippen molar-refractivity contribution in [2.45, 2.75) is 25.3 Å². The van der Waals surface area contributed by atoms with Crippen LogP contribution in [0.15, 0.2) is 18.2 Å². The third-order valence-electron chi connectivity index (χ3n) is 4.61. The van der Waals surface area contributed by atoms with Gasteiger partial charge in [0.2, 0.25) is 5.91 Å². The van der Waals surface area contributed by atoms with Crippen LogP contribution >= 0.6 is 0 Å². The van der Waals surface area contributed by atoms with Crippen LogP contribution in [0.5, 0.6) is 0 Å². The van der Waals surface area contributed by atoms with Crippen LogP contribution in [-0.2, 0) is 9.53 Å². The molecule has 22 heavy (non-hydrogen) atoms. The molecule has 1 saturated heterocycles. The number of rotatable bonds is 1. The molecule has 0 aliphatic carbocycles. The van der Waals surface area contributed by atoms with Crippen molar-refractivity contribution >= 4 is 23.4 Å². The minimum atomic E-state index is -2.09. The highest BCUT2D eigenvalue weighted by Crippen LogP contribution is 2.49. The minimum absolute atomic E-state index is 0.0270. The van der Waals surface area contributed by atoms with Gasteiger partial charge in [0.1, 0.15) is 0 Å². The van der Waals surface area contributed by atoms with E-state index in [2.05, 4.69) is 5.32 Å². The van der Waals surface area contributed by atoms with Gasteiger partial charge in [-0.2, -0.15) is 0 Å². The molecule has 2 atom stereocenters. The molecule has 2 amide bonds. The monoisotopic (exact) mass is 303 g/mol. The van der Waals surface area contributed by atoms with Crippen LogP contribution in [0.1, 0.15) is 27.6 Å². The van der Waals surface area contributed by atoms with Gasteiger partial charge in [0, 0.05) is 25.0 Å². The van der Waals surface area contributed by atoms with E-state index in [-0.39, 0.29) is 18.1 Å². The van der Waals surface area contributed by atoms with Gasteiger partial charge in [-0.3, -0.25) is 4.79 Å². The van der Waals surface area contributed by atoms with Crippen molar-refractivity contribution in [1.29, 1.82) is 0 Å².